The van der Waals surface area contributed by atoms with Gasteiger partial charge in [-0.05, 0) is 30.6 Å². The number of anilines is 1. The number of nitrogens with zero attached hydrogens (tertiary/aromatic N) is 1. The average molecular weight is 381 g/mol. The maximum Gasteiger partial charge on any atom is 0.304 e. The summed E-state index contributed by atoms with van der Waals surface area (Å²) >= 11 is 1.55. The summed E-state index contributed by atoms with van der Waals surface area (Å²) in [5.41, 5.74) is -0.0779. The molecule has 1 fully saturated rings. The Hall–Kier alpha value is -1.44. The first-order valence-electron chi connectivity index (χ1n) is 9.11. The Labute approximate surface area is 158 Å². The van der Waals surface area contributed by atoms with Crippen molar-refractivity contribution >= 4 is 22.4 Å². The highest BCUT2D eigenvalue weighted by Crippen LogP contribution is 2.62. The van der Waals surface area contributed by atoms with Crippen LogP contribution in [-0.4, -0.2) is 45.5 Å². The van der Waals surface area contributed by atoms with E-state index in [4.69, 9.17) is 4.98 Å². The Kier molecular flexibility index (Phi) is 5.16. The van der Waals surface area contributed by atoms with Gasteiger partial charge in [0.15, 0.2) is 5.13 Å². The van der Waals surface area contributed by atoms with Crippen molar-refractivity contribution in [3.8, 4) is 0 Å². The number of thiazole rings is 1. The normalized spacial score (nSPS) is 36.1. The number of hydrogen-bond acceptors (Lipinski definition) is 6. The van der Waals surface area contributed by atoms with Crippen molar-refractivity contribution in [3.63, 3.8) is 0 Å². The van der Waals surface area contributed by atoms with Crippen molar-refractivity contribution in [3.05, 3.63) is 23.2 Å². The number of aromatic nitrogens is 1. The average Bonchev–Trinajstić information content (AvgIpc) is 3.01. The zero-order chi connectivity index (χ0) is 19.1. The van der Waals surface area contributed by atoms with Crippen molar-refractivity contribution in [2.24, 2.45) is 16.7 Å². The number of carboxylic acid groups (broad SMARTS) is 1. The van der Waals surface area contributed by atoms with Gasteiger partial charge in [-0.1, -0.05) is 19.9 Å². The summed E-state index contributed by atoms with van der Waals surface area (Å²) in [6.07, 6.45) is 3.21. The minimum Gasteiger partial charge on any atom is -0.481 e. The molecule has 1 heterocycles. The maximum atomic E-state index is 11.6. The van der Waals surface area contributed by atoms with Gasteiger partial charge in [-0.15, -0.1) is 17.9 Å². The van der Waals surface area contributed by atoms with Crippen LogP contribution in [0.1, 0.15) is 49.6 Å². The molecular formula is C19H28N2O4S. The number of aliphatic hydroxyl groups is 2. The lowest BCUT2D eigenvalue weighted by molar-refractivity contribution is -0.150. The fourth-order valence-electron chi connectivity index (χ4n) is 5.06. The Morgan fingerprint density at radius 2 is 2.23 bits per heavy atom. The highest BCUT2D eigenvalue weighted by atomic mass is 32.1. The second kappa shape index (κ2) is 6.94. The van der Waals surface area contributed by atoms with Crippen LogP contribution in [-0.2, 0) is 11.2 Å². The number of nitrogens with one attached hydrogen (secondary N) is 1. The second-order valence-corrected chi connectivity index (χ2v) is 9.21. The summed E-state index contributed by atoms with van der Waals surface area (Å²) < 4.78 is 0. The lowest BCUT2D eigenvalue weighted by Gasteiger charge is -2.58. The molecule has 3 rings (SSSR count). The Morgan fingerprint density at radius 3 is 2.85 bits per heavy atom. The van der Waals surface area contributed by atoms with E-state index in [1.54, 1.807) is 17.4 Å². The van der Waals surface area contributed by atoms with Crippen molar-refractivity contribution in [1.29, 1.82) is 0 Å². The third-order valence-electron chi connectivity index (χ3n) is 6.67. The molecule has 0 aromatic carbocycles. The molecule has 0 amide bonds. The first-order chi connectivity index (χ1) is 12.3. The number of fused-ring (bicyclic) bond motifs is 2. The zero-order valence-corrected chi connectivity index (χ0v) is 16.2. The summed E-state index contributed by atoms with van der Waals surface area (Å²) in [5.74, 6) is -1.05. The fraction of sp³-hybridized carbons (Fsp3) is 0.684. The number of aliphatic carboxylic acids is 1. The van der Waals surface area contributed by atoms with E-state index in [0.717, 1.165) is 22.1 Å². The van der Waals surface area contributed by atoms with E-state index >= 15 is 0 Å². The largest absolute Gasteiger partial charge is 0.481 e. The van der Waals surface area contributed by atoms with Crippen LogP contribution >= 0.6 is 11.3 Å². The highest BCUT2D eigenvalue weighted by molar-refractivity contribution is 7.15. The van der Waals surface area contributed by atoms with Crippen molar-refractivity contribution < 1.29 is 20.1 Å². The van der Waals surface area contributed by atoms with Gasteiger partial charge >= 0.3 is 5.97 Å². The molecule has 144 valence electrons. The van der Waals surface area contributed by atoms with E-state index in [9.17, 15) is 20.1 Å². The summed E-state index contributed by atoms with van der Waals surface area (Å²) in [6.45, 7) is 8.24. The van der Waals surface area contributed by atoms with Gasteiger partial charge in [-0.3, -0.25) is 4.79 Å². The molecule has 0 radical (unpaired) electrons. The molecule has 1 aromatic rings. The quantitative estimate of drug-likeness (QED) is 0.566. The molecule has 5 atom stereocenters. The van der Waals surface area contributed by atoms with Crippen LogP contribution in [0.4, 0.5) is 5.13 Å². The van der Waals surface area contributed by atoms with E-state index in [2.05, 4.69) is 18.8 Å². The van der Waals surface area contributed by atoms with Crippen LogP contribution in [0.3, 0.4) is 0 Å². The van der Waals surface area contributed by atoms with Crippen LogP contribution in [0.5, 0.6) is 0 Å². The topological polar surface area (TPSA) is 103 Å². The Balaban J connectivity index is 2.08. The van der Waals surface area contributed by atoms with Crippen LogP contribution in [0.25, 0.3) is 0 Å². The first kappa shape index (κ1) is 19.3. The Morgan fingerprint density at radius 1 is 1.50 bits per heavy atom. The van der Waals surface area contributed by atoms with E-state index in [0.29, 0.717) is 19.4 Å². The smallest absolute Gasteiger partial charge is 0.304 e. The lowest BCUT2D eigenvalue weighted by Crippen LogP contribution is -2.57. The van der Waals surface area contributed by atoms with E-state index in [1.165, 1.54) is 0 Å². The molecule has 0 unspecified atom stereocenters. The summed E-state index contributed by atoms with van der Waals surface area (Å²) in [4.78, 5) is 17.4. The number of carboxylic acids is 1. The SMILES string of the molecule is C=CCNc1nc2c(s1)C[C@@H]1[C@](C)(CO)[C@H](O)CC[C@@]1(C)[C@@H]2CC(=O)O. The van der Waals surface area contributed by atoms with E-state index in [1.807, 2.05) is 6.92 Å². The number of hydrogen-bond donors (Lipinski definition) is 4. The van der Waals surface area contributed by atoms with E-state index < -0.39 is 17.5 Å². The standard InChI is InChI=1S/C19H28N2O4S/c1-4-7-20-17-21-16-11(8-15(24)25)18(2)6-5-14(23)19(3,10-22)13(18)9-12(16)26-17/h4,11,13-14,22-23H,1,5-10H2,2-3H3,(H,20,21)(H,24,25)/t11-,13+,14-,18+,19+/m1/s1. The summed E-state index contributed by atoms with van der Waals surface area (Å²) in [7, 11) is 0. The molecule has 1 saturated carbocycles. The number of rotatable bonds is 6. The Bertz CT molecular complexity index is 706. The molecule has 2 aliphatic rings. The predicted molar refractivity (Wildman–Crippen MR) is 102 cm³/mol. The molecule has 0 saturated heterocycles. The van der Waals surface area contributed by atoms with Gasteiger partial charge in [-0.2, -0.15) is 0 Å². The summed E-state index contributed by atoms with van der Waals surface area (Å²) in [5, 5.41) is 34.2. The van der Waals surface area contributed by atoms with Gasteiger partial charge < -0.3 is 20.6 Å². The third kappa shape index (κ3) is 2.96. The van der Waals surface area contributed by atoms with Gasteiger partial charge in [-0.25, -0.2) is 4.98 Å². The molecule has 0 aliphatic heterocycles. The minimum absolute atomic E-state index is 0.00769. The number of aliphatic hydroxyl groups excluding tert-OH is 2. The molecule has 6 nitrogen and oxygen atoms in total. The van der Waals surface area contributed by atoms with Crippen LogP contribution in [0, 0.1) is 16.7 Å². The van der Waals surface area contributed by atoms with Gasteiger partial charge in [0.05, 0.1) is 24.8 Å². The zero-order valence-electron chi connectivity index (χ0n) is 15.4. The van der Waals surface area contributed by atoms with Gasteiger partial charge in [0.2, 0.25) is 0 Å². The van der Waals surface area contributed by atoms with Crippen LogP contribution in [0.15, 0.2) is 12.7 Å². The van der Waals surface area contributed by atoms with Gasteiger partial charge in [0, 0.05) is 22.8 Å². The molecule has 2 aliphatic carbocycles. The minimum atomic E-state index is -0.840. The molecule has 7 heteroatoms. The van der Waals surface area contributed by atoms with Crippen LogP contribution < -0.4 is 5.32 Å². The van der Waals surface area contributed by atoms with Crippen molar-refractivity contribution in [1.82, 2.24) is 4.98 Å². The first-order valence-corrected chi connectivity index (χ1v) is 9.93. The number of carbonyl (C=O) groups is 1. The third-order valence-corrected chi connectivity index (χ3v) is 7.72. The van der Waals surface area contributed by atoms with Gasteiger partial charge in [0.1, 0.15) is 0 Å². The van der Waals surface area contributed by atoms with E-state index in [-0.39, 0.29) is 30.3 Å². The molecule has 26 heavy (non-hydrogen) atoms. The summed E-state index contributed by atoms with van der Waals surface area (Å²) in [6, 6.07) is 0. The molecule has 0 spiro atoms. The van der Waals surface area contributed by atoms with Crippen LogP contribution in [0.2, 0.25) is 0 Å². The van der Waals surface area contributed by atoms with Crippen molar-refractivity contribution in [2.75, 3.05) is 18.5 Å². The molecular weight excluding hydrogens is 352 g/mol. The second-order valence-electron chi connectivity index (χ2n) is 8.13. The fourth-order valence-corrected chi connectivity index (χ4v) is 6.13. The highest BCUT2D eigenvalue weighted by Gasteiger charge is 2.59. The molecule has 0 bridgehead atoms. The predicted octanol–water partition coefficient (Wildman–Crippen LogP) is 2.63. The molecule has 4 N–H and O–H groups in total. The maximum absolute atomic E-state index is 11.6. The van der Waals surface area contributed by atoms with Crippen molar-refractivity contribution in [2.45, 2.75) is 51.6 Å². The monoisotopic (exact) mass is 380 g/mol. The molecule has 1 aromatic heterocycles. The van der Waals surface area contributed by atoms with Gasteiger partial charge in [0.25, 0.3) is 0 Å². The lowest BCUT2D eigenvalue weighted by atomic mass is 9.47.